The van der Waals surface area contributed by atoms with E-state index in [2.05, 4.69) is 26.8 Å². The summed E-state index contributed by atoms with van der Waals surface area (Å²) in [4.78, 5) is 11.9. The van der Waals surface area contributed by atoms with Gasteiger partial charge in [0.1, 0.15) is 6.61 Å². The molecule has 0 aromatic carbocycles. The number of fused-ring (bicyclic) bond motifs is 1. The zero-order chi connectivity index (χ0) is 17.2. The lowest BCUT2D eigenvalue weighted by atomic mass is 9.45. The molecule has 0 unspecified atom stereocenters. The molecule has 3 aliphatic carbocycles. The lowest BCUT2D eigenvalue weighted by molar-refractivity contribution is -0.135. The molecule has 134 valence electrons. The Morgan fingerprint density at radius 3 is 2.54 bits per heavy atom. The van der Waals surface area contributed by atoms with E-state index in [0.29, 0.717) is 28.8 Å². The number of hydrogen-bond acceptors (Lipinski definition) is 3. The molecule has 4 fully saturated rings. The standard InChI is InChI=1S/C21H33NO2/c1-19(2)8-4-9-20(3)16(19)7-10-21(11-12-21)17(20)6-5-14-15(22)13-24-18(14)23/h5,15-17H,4,6-13,22H2,1-3H3/b14-5+/t15-,16+,17-,20+/m1/s1. The lowest BCUT2D eigenvalue weighted by Crippen LogP contribution is -2.52. The van der Waals surface area contributed by atoms with Crippen molar-refractivity contribution < 1.29 is 9.53 Å². The van der Waals surface area contributed by atoms with E-state index in [0.717, 1.165) is 17.9 Å². The van der Waals surface area contributed by atoms with Crippen LogP contribution in [0.5, 0.6) is 0 Å². The minimum absolute atomic E-state index is 0.186. The SMILES string of the molecule is CC1(C)CCC[C@@]2(C)[C@H]1CCC1(CC1)[C@@H]2C/C=C1/C(=O)OC[C@H]1N. The molecule has 0 bridgehead atoms. The average molecular weight is 332 g/mol. The summed E-state index contributed by atoms with van der Waals surface area (Å²) in [5.41, 5.74) is 8.22. The fraction of sp³-hybridized carbons (Fsp3) is 0.857. The normalized spacial score (nSPS) is 44.4. The third kappa shape index (κ3) is 2.38. The average Bonchev–Trinajstić information content (AvgIpc) is 3.19. The van der Waals surface area contributed by atoms with Crippen molar-refractivity contribution in [2.24, 2.45) is 33.8 Å². The van der Waals surface area contributed by atoms with Gasteiger partial charge >= 0.3 is 5.97 Å². The van der Waals surface area contributed by atoms with Gasteiger partial charge in [0.25, 0.3) is 0 Å². The third-order valence-corrected chi connectivity index (χ3v) is 8.24. The largest absolute Gasteiger partial charge is 0.460 e. The number of carbonyl (C=O) groups excluding carboxylic acids is 1. The molecule has 3 heteroatoms. The van der Waals surface area contributed by atoms with Crippen molar-refractivity contribution in [1.29, 1.82) is 0 Å². The van der Waals surface area contributed by atoms with E-state index in [-0.39, 0.29) is 12.0 Å². The minimum Gasteiger partial charge on any atom is -0.460 e. The summed E-state index contributed by atoms with van der Waals surface area (Å²) < 4.78 is 5.12. The number of allylic oxidation sites excluding steroid dienone is 1. The molecule has 4 atom stereocenters. The molecular formula is C21H33NO2. The fourth-order valence-electron chi connectivity index (χ4n) is 6.86. The van der Waals surface area contributed by atoms with Gasteiger partial charge in [-0.3, -0.25) is 0 Å². The Morgan fingerprint density at radius 2 is 1.92 bits per heavy atom. The zero-order valence-electron chi connectivity index (χ0n) is 15.6. The number of esters is 1. The van der Waals surface area contributed by atoms with Crippen LogP contribution in [0.1, 0.15) is 72.1 Å². The molecule has 0 aromatic rings. The second-order valence-corrected chi connectivity index (χ2v) is 9.95. The van der Waals surface area contributed by atoms with E-state index in [9.17, 15) is 4.79 Å². The Morgan fingerprint density at radius 1 is 1.17 bits per heavy atom. The first-order valence-electron chi connectivity index (χ1n) is 9.91. The highest BCUT2D eigenvalue weighted by molar-refractivity contribution is 5.91. The molecule has 1 spiro atoms. The van der Waals surface area contributed by atoms with Crippen LogP contribution >= 0.6 is 0 Å². The van der Waals surface area contributed by atoms with Crippen LogP contribution in [0.25, 0.3) is 0 Å². The van der Waals surface area contributed by atoms with Crippen LogP contribution in [0.4, 0.5) is 0 Å². The first-order valence-corrected chi connectivity index (χ1v) is 9.91. The molecule has 3 saturated carbocycles. The first kappa shape index (κ1) is 16.6. The second-order valence-electron chi connectivity index (χ2n) is 9.95. The Bertz CT molecular complexity index is 574. The predicted octanol–water partition coefficient (Wildman–Crippen LogP) is 4.21. The molecule has 1 saturated heterocycles. The number of cyclic esters (lactones) is 1. The highest BCUT2D eigenvalue weighted by Gasteiger charge is 2.62. The van der Waals surface area contributed by atoms with Gasteiger partial charge in [0, 0.05) is 0 Å². The van der Waals surface area contributed by atoms with E-state index in [1.54, 1.807) is 0 Å². The molecule has 2 N–H and O–H groups in total. The zero-order valence-corrected chi connectivity index (χ0v) is 15.6. The first-order chi connectivity index (χ1) is 11.3. The van der Waals surface area contributed by atoms with Crippen LogP contribution in [-0.4, -0.2) is 18.6 Å². The van der Waals surface area contributed by atoms with Gasteiger partial charge in [0.2, 0.25) is 0 Å². The van der Waals surface area contributed by atoms with Gasteiger partial charge in [0.05, 0.1) is 11.6 Å². The maximum absolute atomic E-state index is 11.9. The summed E-state index contributed by atoms with van der Waals surface area (Å²) in [6.45, 7) is 7.89. The smallest absolute Gasteiger partial charge is 0.335 e. The fourth-order valence-corrected chi connectivity index (χ4v) is 6.86. The van der Waals surface area contributed by atoms with E-state index in [1.165, 1.54) is 44.9 Å². The van der Waals surface area contributed by atoms with Crippen molar-refractivity contribution in [2.45, 2.75) is 78.2 Å². The van der Waals surface area contributed by atoms with Gasteiger partial charge < -0.3 is 10.5 Å². The predicted molar refractivity (Wildman–Crippen MR) is 95.3 cm³/mol. The van der Waals surface area contributed by atoms with Crippen molar-refractivity contribution >= 4 is 5.97 Å². The molecule has 4 aliphatic rings. The summed E-state index contributed by atoms with van der Waals surface area (Å²) in [5.74, 6) is 1.34. The molecule has 4 rings (SSSR count). The number of rotatable bonds is 2. The molecule has 0 radical (unpaired) electrons. The summed E-state index contributed by atoms with van der Waals surface area (Å²) in [5, 5.41) is 0. The number of hydrogen-bond donors (Lipinski definition) is 1. The van der Waals surface area contributed by atoms with E-state index < -0.39 is 0 Å². The van der Waals surface area contributed by atoms with E-state index in [4.69, 9.17) is 10.5 Å². The van der Waals surface area contributed by atoms with Crippen LogP contribution < -0.4 is 5.73 Å². The highest BCUT2D eigenvalue weighted by Crippen LogP contribution is 2.72. The molecular weight excluding hydrogens is 298 g/mol. The van der Waals surface area contributed by atoms with Gasteiger partial charge in [-0.2, -0.15) is 0 Å². The summed E-state index contributed by atoms with van der Waals surface area (Å²) in [7, 11) is 0. The highest BCUT2D eigenvalue weighted by atomic mass is 16.5. The Kier molecular flexibility index (Phi) is 3.69. The van der Waals surface area contributed by atoms with Gasteiger partial charge in [-0.25, -0.2) is 4.79 Å². The van der Waals surface area contributed by atoms with Crippen LogP contribution in [0.2, 0.25) is 0 Å². The van der Waals surface area contributed by atoms with E-state index >= 15 is 0 Å². The maximum atomic E-state index is 11.9. The third-order valence-electron chi connectivity index (χ3n) is 8.24. The topological polar surface area (TPSA) is 52.3 Å². The molecule has 24 heavy (non-hydrogen) atoms. The van der Waals surface area contributed by atoms with Crippen molar-refractivity contribution in [2.75, 3.05) is 6.61 Å². The number of carbonyl (C=O) groups is 1. The van der Waals surface area contributed by atoms with Crippen LogP contribution in [0, 0.1) is 28.1 Å². The molecule has 0 amide bonds. The van der Waals surface area contributed by atoms with E-state index in [1.807, 2.05) is 0 Å². The molecule has 3 nitrogen and oxygen atoms in total. The quantitative estimate of drug-likeness (QED) is 0.609. The van der Waals surface area contributed by atoms with Crippen molar-refractivity contribution in [3.8, 4) is 0 Å². The second kappa shape index (κ2) is 5.33. The van der Waals surface area contributed by atoms with Crippen molar-refractivity contribution in [1.82, 2.24) is 0 Å². The van der Waals surface area contributed by atoms with Gasteiger partial charge in [0.15, 0.2) is 0 Å². The van der Waals surface area contributed by atoms with Gasteiger partial charge in [-0.05, 0) is 73.0 Å². The monoisotopic (exact) mass is 331 g/mol. The van der Waals surface area contributed by atoms with Gasteiger partial charge in [-0.1, -0.05) is 33.3 Å². The Hall–Kier alpha value is -0.830. The van der Waals surface area contributed by atoms with Crippen LogP contribution in [0.15, 0.2) is 11.6 Å². The molecule has 1 heterocycles. The summed E-state index contributed by atoms with van der Waals surface area (Å²) in [6, 6.07) is -0.220. The van der Waals surface area contributed by atoms with Gasteiger partial charge in [-0.15, -0.1) is 0 Å². The number of ether oxygens (including phenoxy) is 1. The summed E-state index contributed by atoms with van der Waals surface area (Å²) >= 11 is 0. The van der Waals surface area contributed by atoms with Crippen molar-refractivity contribution in [3.63, 3.8) is 0 Å². The van der Waals surface area contributed by atoms with Crippen LogP contribution in [0.3, 0.4) is 0 Å². The maximum Gasteiger partial charge on any atom is 0.335 e. The lowest BCUT2D eigenvalue weighted by Gasteiger charge is -2.60. The Labute approximate surface area is 146 Å². The van der Waals surface area contributed by atoms with Crippen LogP contribution in [-0.2, 0) is 9.53 Å². The van der Waals surface area contributed by atoms with Crippen molar-refractivity contribution in [3.05, 3.63) is 11.6 Å². The summed E-state index contributed by atoms with van der Waals surface area (Å²) in [6.07, 6.45) is 12.8. The minimum atomic E-state index is -0.220. The number of nitrogens with two attached hydrogens (primary N) is 1. The Balaban J connectivity index is 1.64. The molecule has 1 aliphatic heterocycles. The molecule has 0 aromatic heterocycles.